The highest BCUT2D eigenvalue weighted by Crippen LogP contribution is 2.44. The first-order chi connectivity index (χ1) is 11.4. The zero-order chi connectivity index (χ0) is 17.6. The molecule has 8 nitrogen and oxygen atoms in total. The van der Waals surface area contributed by atoms with Gasteiger partial charge in [-0.2, -0.15) is 0 Å². The number of para-hydroxylation sites is 2. The molecule has 0 aliphatic heterocycles. The lowest BCUT2D eigenvalue weighted by molar-refractivity contribution is -0.385. The number of hydrogen-bond donors (Lipinski definition) is 2. The van der Waals surface area contributed by atoms with Crippen LogP contribution in [0, 0.1) is 10.1 Å². The Morgan fingerprint density at radius 1 is 1.17 bits per heavy atom. The molecule has 126 valence electrons. The minimum absolute atomic E-state index is 0.0479. The Morgan fingerprint density at radius 2 is 1.79 bits per heavy atom. The van der Waals surface area contributed by atoms with Crippen molar-refractivity contribution in [2.75, 3.05) is 6.29 Å². The zero-order valence-corrected chi connectivity index (χ0v) is 13.4. The number of nitro benzene ring substituents is 1. The predicted molar refractivity (Wildman–Crippen MR) is 86.7 cm³/mol. The van der Waals surface area contributed by atoms with Crippen molar-refractivity contribution in [3.8, 4) is 5.75 Å². The van der Waals surface area contributed by atoms with E-state index in [4.69, 9.17) is 4.52 Å². The van der Waals surface area contributed by atoms with Gasteiger partial charge in [-0.25, -0.2) is 4.57 Å². The SMILES string of the molecule is O=C(Cc1ccccc1)NCP(=O)(O)Oc1ccccc1[N+](=O)[O-]. The molecule has 2 aromatic carbocycles. The van der Waals surface area contributed by atoms with Crippen LogP contribution < -0.4 is 9.84 Å². The second kappa shape index (κ2) is 7.72. The Kier molecular flexibility index (Phi) is 5.68. The van der Waals surface area contributed by atoms with Crippen molar-refractivity contribution in [3.05, 3.63) is 70.3 Å². The van der Waals surface area contributed by atoms with Crippen molar-refractivity contribution >= 4 is 19.2 Å². The number of carbonyl (C=O) groups is 1. The fourth-order valence-corrected chi connectivity index (χ4v) is 2.81. The molecule has 0 radical (unpaired) electrons. The molecule has 2 aromatic rings. The molecule has 2 rings (SSSR count). The van der Waals surface area contributed by atoms with Crippen molar-refractivity contribution in [2.24, 2.45) is 0 Å². The molecule has 2 N–H and O–H groups in total. The summed E-state index contributed by atoms with van der Waals surface area (Å²) in [7, 11) is -4.28. The third-order valence-corrected chi connectivity index (χ3v) is 4.03. The fraction of sp³-hybridized carbons (Fsp3) is 0.133. The smallest absolute Gasteiger partial charge is 0.395 e. The van der Waals surface area contributed by atoms with Gasteiger partial charge in [-0.1, -0.05) is 42.5 Å². The number of nitrogens with one attached hydrogen (secondary N) is 1. The maximum absolute atomic E-state index is 12.0. The molecule has 0 bridgehead atoms. The lowest BCUT2D eigenvalue weighted by Gasteiger charge is -2.14. The van der Waals surface area contributed by atoms with Crippen LogP contribution in [0.5, 0.6) is 5.75 Å². The van der Waals surface area contributed by atoms with Gasteiger partial charge in [0.2, 0.25) is 11.7 Å². The van der Waals surface area contributed by atoms with Crippen LogP contribution >= 0.6 is 7.60 Å². The van der Waals surface area contributed by atoms with Gasteiger partial charge in [0, 0.05) is 6.07 Å². The Balaban J connectivity index is 1.95. The normalized spacial score (nSPS) is 12.9. The molecular weight excluding hydrogens is 335 g/mol. The van der Waals surface area contributed by atoms with E-state index in [0.29, 0.717) is 0 Å². The lowest BCUT2D eigenvalue weighted by Crippen LogP contribution is -2.27. The molecule has 0 aliphatic carbocycles. The zero-order valence-electron chi connectivity index (χ0n) is 12.5. The molecule has 0 aliphatic rings. The molecule has 0 fully saturated rings. The number of benzene rings is 2. The summed E-state index contributed by atoms with van der Waals surface area (Å²) in [5.41, 5.74) is 0.324. The van der Waals surface area contributed by atoms with Gasteiger partial charge in [-0.15, -0.1) is 0 Å². The first-order valence-electron chi connectivity index (χ1n) is 6.93. The van der Waals surface area contributed by atoms with E-state index >= 15 is 0 Å². The number of nitrogens with zero attached hydrogens (tertiary/aromatic N) is 1. The van der Waals surface area contributed by atoms with E-state index in [1.54, 1.807) is 24.3 Å². The molecule has 0 saturated carbocycles. The molecule has 24 heavy (non-hydrogen) atoms. The van der Waals surface area contributed by atoms with Crippen LogP contribution in [0.15, 0.2) is 54.6 Å². The van der Waals surface area contributed by atoms with Crippen molar-refractivity contribution in [3.63, 3.8) is 0 Å². The van der Waals surface area contributed by atoms with Gasteiger partial charge in [0.1, 0.15) is 6.29 Å². The topological polar surface area (TPSA) is 119 Å². The van der Waals surface area contributed by atoms with Gasteiger partial charge < -0.3 is 14.7 Å². The predicted octanol–water partition coefficient (Wildman–Crippen LogP) is 2.48. The molecule has 0 saturated heterocycles. The highest BCUT2D eigenvalue weighted by atomic mass is 31.2. The Morgan fingerprint density at radius 3 is 2.46 bits per heavy atom. The Labute approximate surface area is 137 Å². The van der Waals surface area contributed by atoms with Gasteiger partial charge in [-0.3, -0.25) is 14.9 Å². The number of amides is 1. The van der Waals surface area contributed by atoms with Gasteiger partial charge in [-0.05, 0) is 11.6 Å². The first-order valence-corrected chi connectivity index (χ1v) is 8.69. The molecular formula is C15H15N2O6P. The second-order valence-corrected chi connectivity index (χ2v) is 6.65. The monoisotopic (exact) mass is 350 g/mol. The number of nitro groups is 1. The quantitative estimate of drug-likeness (QED) is 0.450. The molecule has 1 unspecified atom stereocenters. The standard InChI is InChI=1S/C15H15N2O6P/c18-15(10-12-6-2-1-3-7-12)16-11-24(21,22)23-14-9-5-4-8-13(14)17(19)20/h1-9H,10-11H2,(H,16,18)(H,21,22). The molecule has 9 heteroatoms. The maximum Gasteiger partial charge on any atom is 0.395 e. The van der Waals surface area contributed by atoms with Gasteiger partial charge >= 0.3 is 13.3 Å². The molecule has 0 spiro atoms. The van der Waals surface area contributed by atoms with Crippen LogP contribution in [0.25, 0.3) is 0 Å². The Bertz CT molecular complexity index is 781. The summed E-state index contributed by atoms with van der Waals surface area (Å²) in [5, 5.41) is 13.2. The van der Waals surface area contributed by atoms with Crippen LogP contribution in [-0.2, 0) is 15.8 Å². The highest BCUT2D eigenvalue weighted by molar-refractivity contribution is 7.53. The van der Waals surface area contributed by atoms with E-state index < -0.39 is 30.4 Å². The van der Waals surface area contributed by atoms with Crippen molar-refractivity contribution in [2.45, 2.75) is 6.42 Å². The van der Waals surface area contributed by atoms with Gasteiger partial charge in [0.25, 0.3) is 0 Å². The third-order valence-electron chi connectivity index (χ3n) is 2.99. The summed E-state index contributed by atoms with van der Waals surface area (Å²) >= 11 is 0. The van der Waals surface area contributed by atoms with Crippen molar-refractivity contribution in [1.82, 2.24) is 5.32 Å². The van der Waals surface area contributed by atoms with E-state index in [1.165, 1.54) is 18.2 Å². The average molecular weight is 350 g/mol. The molecule has 0 heterocycles. The lowest BCUT2D eigenvalue weighted by atomic mass is 10.1. The average Bonchev–Trinajstić information content (AvgIpc) is 2.54. The minimum Gasteiger partial charge on any atom is -0.416 e. The summed E-state index contributed by atoms with van der Waals surface area (Å²) in [5.74, 6) is -0.785. The maximum atomic E-state index is 12.0. The fourth-order valence-electron chi connectivity index (χ4n) is 1.90. The van der Waals surface area contributed by atoms with Gasteiger partial charge in [0.05, 0.1) is 11.3 Å². The van der Waals surface area contributed by atoms with E-state index in [9.17, 15) is 24.4 Å². The van der Waals surface area contributed by atoms with E-state index in [0.717, 1.165) is 11.6 Å². The number of hydrogen-bond acceptors (Lipinski definition) is 5. The van der Waals surface area contributed by atoms with Crippen molar-refractivity contribution in [1.29, 1.82) is 0 Å². The summed E-state index contributed by atoms with van der Waals surface area (Å²) in [6.45, 7) is 0. The van der Waals surface area contributed by atoms with Crippen LogP contribution in [0.2, 0.25) is 0 Å². The Hall–Kier alpha value is -2.70. The number of rotatable bonds is 7. The van der Waals surface area contributed by atoms with E-state index in [2.05, 4.69) is 5.32 Å². The molecule has 1 atom stereocenters. The number of carbonyl (C=O) groups excluding carboxylic acids is 1. The summed E-state index contributed by atoms with van der Waals surface area (Å²) in [6.07, 6.45) is -0.600. The van der Waals surface area contributed by atoms with E-state index in [1.807, 2.05) is 6.07 Å². The van der Waals surface area contributed by atoms with Gasteiger partial charge in [0.15, 0.2) is 0 Å². The van der Waals surface area contributed by atoms with E-state index in [-0.39, 0.29) is 12.2 Å². The van der Waals surface area contributed by atoms with Crippen LogP contribution in [0.1, 0.15) is 5.56 Å². The summed E-state index contributed by atoms with van der Waals surface area (Å²) < 4.78 is 16.9. The van der Waals surface area contributed by atoms with Crippen molar-refractivity contribution < 1.29 is 23.7 Å². The summed E-state index contributed by atoms with van der Waals surface area (Å²) in [4.78, 5) is 31.7. The molecule has 0 aromatic heterocycles. The molecule has 1 amide bonds. The van der Waals surface area contributed by atoms with Crippen LogP contribution in [0.4, 0.5) is 5.69 Å². The van der Waals surface area contributed by atoms with Crippen LogP contribution in [-0.4, -0.2) is 22.0 Å². The third kappa shape index (κ3) is 5.19. The van der Waals surface area contributed by atoms with Crippen LogP contribution in [0.3, 0.4) is 0 Å². The highest BCUT2D eigenvalue weighted by Gasteiger charge is 2.26. The minimum atomic E-state index is -4.28. The largest absolute Gasteiger partial charge is 0.416 e. The summed E-state index contributed by atoms with van der Waals surface area (Å²) in [6, 6.07) is 14.1. The first kappa shape index (κ1) is 17.7. The second-order valence-electron chi connectivity index (χ2n) is 4.87.